The Morgan fingerprint density at radius 1 is 1.13 bits per heavy atom. The average molecular weight is 404 g/mol. The number of benzene rings is 1. The van der Waals surface area contributed by atoms with Crippen molar-refractivity contribution in [3.05, 3.63) is 59.4 Å². The van der Waals surface area contributed by atoms with Crippen LogP contribution >= 0.6 is 0 Å². The highest BCUT2D eigenvalue weighted by Crippen LogP contribution is 2.28. The Labute approximate surface area is 175 Å². The van der Waals surface area contributed by atoms with E-state index in [2.05, 4.69) is 49.3 Å². The lowest BCUT2D eigenvalue weighted by atomic mass is 10.00. The Morgan fingerprint density at radius 2 is 2.00 bits per heavy atom. The number of rotatable bonds is 4. The second-order valence-corrected chi connectivity index (χ2v) is 8.04. The van der Waals surface area contributed by atoms with Crippen LogP contribution in [-0.4, -0.2) is 62.1 Å². The van der Waals surface area contributed by atoms with Gasteiger partial charge >= 0.3 is 0 Å². The number of fused-ring (bicyclic) bond motifs is 1. The molecule has 1 aromatic carbocycles. The molecular weight excluding hydrogens is 380 g/mol. The molecule has 1 fully saturated rings. The molecule has 0 radical (unpaired) electrons. The van der Waals surface area contributed by atoms with Gasteiger partial charge in [0.05, 0.1) is 24.4 Å². The highest BCUT2D eigenvalue weighted by Gasteiger charge is 2.32. The zero-order chi connectivity index (χ0) is 20.5. The third-order valence-electron chi connectivity index (χ3n) is 5.90. The second-order valence-electron chi connectivity index (χ2n) is 8.04. The topological polar surface area (TPSA) is 88.3 Å². The lowest BCUT2D eigenvalue weighted by Crippen LogP contribution is -2.41. The summed E-state index contributed by atoms with van der Waals surface area (Å²) in [5.41, 5.74) is 4.12. The lowest BCUT2D eigenvalue weighted by Gasteiger charge is -2.29. The van der Waals surface area contributed by atoms with Crippen molar-refractivity contribution in [1.82, 2.24) is 30.0 Å². The van der Waals surface area contributed by atoms with E-state index in [1.165, 1.54) is 11.1 Å². The Morgan fingerprint density at radius 3 is 2.83 bits per heavy atom. The summed E-state index contributed by atoms with van der Waals surface area (Å²) in [6.07, 6.45) is 5.14. The summed E-state index contributed by atoms with van der Waals surface area (Å²) in [5.74, 6) is 1.17. The molecule has 0 bridgehead atoms. The SMILES string of the molecule is Cc1cnc(-c2nnc([C@@H]3CCN(C(=O)CN4CCc5ccccc5C4)C3)o2)cn1. The smallest absolute Gasteiger partial charge is 0.267 e. The first-order valence-corrected chi connectivity index (χ1v) is 10.3. The van der Waals surface area contributed by atoms with Gasteiger partial charge in [-0.3, -0.25) is 14.7 Å². The highest BCUT2D eigenvalue weighted by molar-refractivity contribution is 5.78. The van der Waals surface area contributed by atoms with E-state index in [4.69, 9.17) is 4.42 Å². The molecule has 8 nitrogen and oxygen atoms in total. The Balaban J connectivity index is 1.19. The number of carbonyl (C=O) groups is 1. The molecule has 8 heteroatoms. The van der Waals surface area contributed by atoms with Crippen molar-refractivity contribution in [2.75, 3.05) is 26.2 Å². The maximum atomic E-state index is 12.9. The van der Waals surface area contributed by atoms with E-state index in [1.807, 2.05) is 11.8 Å². The van der Waals surface area contributed by atoms with Gasteiger partial charge < -0.3 is 9.32 Å². The number of hydrogen-bond donors (Lipinski definition) is 0. The van der Waals surface area contributed by atoms with Crippen molar-refractivity contribution in [1.29, 1.82) is 0 Å². The van der Waals surface area contributed by atoms with Gasteiger partial charge in [0.25, 0.3) is 5.89 Å². The van der Waals surface area contributed by atoms with Gasteiger partial charge in [0.15, 0.2) is 0 Å². The summed E-state index contributed by atoms with van der Waals surface area (Å²) >= 11 is 0. The molecule has 1 atom stereocenters. The van der Waals surface area contributed by atoms with Gasteiger partial charge in [-0.1, -0.05) is 24.3 Å². The van der Waals surface area contributed by atoms with E-state index in [0.717, 1.165) is 38.2 Å². The number of nitrogens with zero attached hydrogens (tertiary/aromatic N) is 6. The number of amides is 1. The van der Waals surface area contributed by atoms with E-state index in [-0.39, 0.29) is 11.8 Å². The van der Waals surface area contributed by atoms with Gasteiger partial charge in [0, 0.05) is 32.4 Å². The quantitative estimate of drug-likeness (QED) is 0.659. The number of aryl methyl sites for hydroxylation is 1. The van der Waals surface area contributed by atoms with Crippen molar-refractivity contribution in [2.45, 2.75) is 32.2 Å². The molecule has 5 rings (SSSR count). The van der Waals surface area contributed by atoms with Crippen LogP contribution in [0.1, 0.15) is 35.1 Å². The Bertz CT molecular complexity index is 1050. The molecule has 0 unspecified atom stereocenters. The molecule has 154 valence electrons. The van der Waals surface area contributed by atoms with E-state index in [9.17, 15) is 4.79 Å². The van der Waals surface area contributed by atoms with Crippen LogP contribution < -0.4 is 0 Å². The van der Waals surface area contributed by atoms with E-state index in [0.29, 0.717) is 30.6 Å². The lowest BCUT2D eigenvalue weighted by molar-refractivity contribution is -0.131. The van der Waals surface area contributed by atoms with Crippen LogP contribution in [0.15, 0.2) is 41.1 Å². The van der Waals surface area contributed by atoms with Crippen LogP contribution in [0, 0.1) is 6.92 Å². The second kappa shape index (κ2) is 7.95. The summed E-state index contributed by atoms with van der Waals surface area (Å²) in [4.78, 5) is 25.5. The summed E-state index contributed by atoms with van der Waals surface area (Å²) in [6.45, 7) is 5.42. The van der Waals surface area contributed by atoms with Crippen molar-refractivity contribution >= 4 is 5.91 Å². The fraction of sp³-hybridized carbons (Fsp3) is 0.409. The molecule has 1 amide bonds. The Hall–Kier alpha value is -3.13. The van der Waals surface area contributed by atoms with E-state index in [1.54, 1.807) is 12.4 Å². The molecule has 0 saturated carbocycles. The van der Waals surface area contributed by atoms with Crippen LogP contribution in [0.4, 0.5) is 0 Å². The minimum Gasteiger partial charge on any atom is -0.419 e. The van der Waals surface area contributed by atoms with Gasteiger partial charge in [-0.15, -0.1) is 10.2 Å². The van der Waals surface area contributed by atoms with Crippen molar-refractivity contribution in [2.24, 2.45) is 0 Å². The largest absolute Gasteiger partial charge is 0.419 e. The third kappa shape index (κ3) is 3.82. The van der Waals surface area contributed by atoms with Crippen LogP contribution in [0.5, 0.6) is 0 Å². The molecule has 4 heterocycles. The maximum absolute atomic E-state index is 12.9. The van der Waals surface area contributed by atoms with Crippen molar-refractivity contribution in [3.63, 3.8) is 0 Å². The fourth-order valence-corrected chi connectivity index (χ4v) is 4.17. The van der Waals surface area contributed by atoms with Crippen LogP contribution in [0.2, 0.25) is 0 Å². The third-order valence-corrected chi connectivity index (χ3v) is 5.90. The van der Waals surface area contributed by atoms with E-state index >= 15 is 0 Å². The highest BCUT2D eigenvalue weighted by atomic mass is 16.4. The summed E-state index contributed by atoms with van der Waals surface area (Å²) in [7, 11) is 0. The van der Waals surface area contributed by atoms with Crippen LogP contribution in [0.3, 0.4) is 0 Å². The molecular formula is C22H24N6O2. The number of carbonyl (C=O) groups excluding carboxylic acids is 1. The first-order chi connectivity index (χ1) is 14.7. The zero-order valence-corrected chi connectivity index (χ0v) is 17.0. The molecule has 30 heavy (non-hydrogen) atoms. The molecule has 0 spiro atoms. The molecule has 0 N–H and O–H groups in total. The predicted octanol–water partition coefficient (Wildman–Crippen LogP) is 2.21. The average Bonchev–Trinajstić information content (AvgIpc) is 3.44. The van der Waals surface area contributed by atoms with Gasteiger partial charge in [-0.2, -0.15) is 0 Å². The maximum Gasteiger partial charge on any atom is 0.267 e. The normalized spacial score (nSPS) is 19.1. The predicted molar refractivity (Wildman–Crippen MR) is 109 cm³/mol. The summed E-state index contributed by atoms with van der Waals surface area (Å²) < 4.78 is 5.84. The van der Waals surface area contributed by atoms with Gasteiger partial charge in [0.1, 0.15) is 5.69 Å². The van der Waals surface area contributed by atoms with Crippen LogP contribution in [0.25, 0.3) is 11.6 Å². The van der Waals surface area contributed by atoms with E-state index < -0.39 is 0 Å². The summed E-state index contributed by atoms with van der Waals surface area (Å²) in [5, 5.41) is 8.31. The minimum atomic E-state index is 0.0655. The zero-order valence-electron chi connectivity index (χ0n) is 17.0. The monoisotopic (exact) mass is 404 g/mol. The van der Waals surface area contributed by atoms with Crippen LogP contribution in [-0.2, 0) is 17.8 Å². The first-order valence-electron chi connectivity index (χ1n) is 10.3. The molecule has 2 aromatic heterocycles. The summed E-state index contributed by atoms with van der Waals surface area (Å²) in [6, 6.07) is 8.48. The molecule has 2 aliphatic heterocycles. The number of likely N-dealkylation sites (tertiary alicyclic amines) is 1. The first kappa shape index (κ1) is 18.9. The standard InChI is InChI=1S/C22H24N6O2/c1-15-10-24-19(11-23-15)22-26-25-21(30-22)18-7-9-28(13-18)20(29)14-27-8-6-16-4-2-3-5-17(16)12-27/h2-5,10-11,18H,6-9,12-14H2,1H3/t18-/m1/s1. The molecule has 3 aromatic rings. The molecule has 0 aliphatic carbocycles. The van der Waals surface area contributed by atoms with Gasteiger partial charge in [0.2, 0.25) is 11.8 Å². The van der Waals surface area contributed by atoms with Crippen molar-refractivity contribution in [3.8, 4) is 11.6 Å². The fourth-order valence-electron chi connectivity index (χ4n) is 4.17. The van der Waals surface area contributed by atoms with Gasteiger partial charge in [-0.05, 0) is 30.9 Å². The Kier molecular flexibility index (Phi) is 5.00. The van der Waals surface area contributed by atoms with Crippen molar-refractivity contribution < 1.29 is 9.21 Å². The van der Waals surface area contributed by atoms with Gasteiger partial charge in [-0.25, -0.2) is 4.98 Å². The molecule has 1 saturated heterocycles. The molecule has 2 aliphatic rings. The minimum absolute atomic E-state index is 0.0655. The number of aromatic nitrogens is 4. The number of hydrogen-bond acceptors (Lipinski definition) is 7.